The number of carbonyl (C=O) groups is 1. The lowest BCUT2D eigenvalue weighted by atomic mass is 9.93. The van der Waals surface area contributed by atoms with Gasteiger partial charge in [-0.1, -0.05) is 13.8 Å². The number of nitrogens with one attached hydrogen (secondary N) is 1. The Hall–Kier alpha value is -1.36. The van der Waals surface area contributed by atoms with E-state index in [0.717, 1.165) is 18.7 Å². The number of aromatic nitrogens is 2. The van der Waals surface area contributed by atoms with Crippen LogP contribution in [0.3, 0.4) is 0 Å². The molecule has 1 atom stereocenters. The Morgan fingerprint density at radius 2 is 2.32 bits per heavy atom. The van der Waals surface area contributed by atoms with E-state index in [0.29, 0.717) is 18.4 Å². The van der Waals surface area contributed by atoms with E-state index in [1.807, 2.05) is 13.2 Å². The quantitative estimate of drug-likeness (QED) is 0.793. The lowest BCUT2D eigenvalue weighted by Gasteiger charge is -2.32. The van der Waals surface area contributed by atoms with Crippen LogP contribution in [0.5, 0.6) is 0 Å². The molecule has 5 nitrogen and oxygen atoms in total. The summed E-state index contributed by atoms with van der Waals surface area (Å²) in [7, 11) is 3.29. The van der Waals surface area contributed by atoms with Gasteiger partial charge in [0, 0.05) is 18.3 Å². The van der Waals surface area contributed by atoms with E-state index in [2.05, 4.69) is 28.7 Å². The first-order valence-corrected chi connectivity index (χ1v) is 6.83. The third-order valence-corrected chi connectivity index (χ3v) is 3.95. The van der Waals surface area contributed by atoms with Crippen LogP contribution < -0.4 is 5.32 Å². The fraction of sp³-hybridized carbons (Fsp3) is 0.714. The zero-order valence-corrected chi connectivity index (χ0v) is 12.1. The van der Waals surface area contributed by atoms with Gasteiger partial charge in [0.15, 0.2) is 0 Å². The molecule has 1 aromatic rings. The number of ether oxygens (including phenoxy) is 1. The Kier molecular flexibility index (Phi) is 3.94. The number of methoxy groups -OCH3 is 1. The van der Waals surface area contributed by atoms with Crippen LogP contribution in [0.2, 0.25) is 0 Å². The van der Waals surface area contributed by atoms with Gasteiger partial charge >= 0.3 is 5.97 Å². The zero-order chi connectivity index (χ0) is 14.0. The average molecular weight is 265 g/mol. The second-order valence-corrected chi connectivity index (χ2v) is 5.56. The van der Waals surface area contributed by atoms with Gasteiger partial charge in [-0.25, -0.2) is 9.78 Å². The van der Waals surface area contributed by atoms with E-state index >= 15 is 0 Å². The first-order valence-electron chi connectivity index (χ1n) is 6.83. The molecular weight excluding hydrogens is 242 g/mol. The highest BCUT2D eigenvalue weighted by atomic mass is 16.5. The summed E-state index contributed by atoms with van der Waals surface area (Å²) in [6, 6.07) is 0. The van der Waals surface area contributed by atoms with Crippen LogP contribution in [-0.4, -0.2) is 35.2 Å². The van der Waals surface area contributed by atoms with Crippen LogP contribution in [0.15, 0.2) is 12.4 Å². The molecule has 0 radical (unpaired) electrons. The smallest absolute Gasteiger partial charge is 0.328 e. The maximum atomic E-state index is 12.2. The molecule has 1 aliphatic rings. The fourth-order valence-electron chi connectivity index (χ4n) is 2.73. The first kappa shape index (κ1) is 14.1. The van der Waals surface area contributed by atoms with E-state index in [-0.39, 0.29) is 5.97 Å². The average Bonchev–Trinajstić information content (AvgIpc) is 3.14. The Labute approximate surface area is 114 Å². The standard InChI is InChI=1S/C14H23N3O2/c1-10(2)12-16-7-8-17(12)9-14(15-3,11-5-6-11)13(18)19-4/h7-8,10-11,15H,5-6,9H2,1-4H3. The summed E-state index contributed by atoms with van der Waals surface area (Å²) in [5.41, 5.74) is -0.626. The van der Waals surface area contributed by atoms with Crippen molar-refractivity contribution in [3.05, 3.63) is 18.2 Å². The van der Waals surface area contributed by atoms with Crippen LogP contribution in [0, 0.1) is 5.92 Å². The molecule has 19 heavy (non-hydrogen) atoms. The van der Waals surface area contributed by atoms with Gasteiger partial charge in [-0.15, -0.1) is 0 Å². The second kappa shape index (κ2) is 5.33. The molecule has 0 bridgehead atoms. The Balaban J connectivity index is 2.30. The predicted molar refractivity (Wildman–Crippen MR) is 72.8 cm³/mol. The second-order valence-electron chi connectivity index (χ2n) is 5.56. The topological polar surface area (TPSA) is 56.2 Å². The molecular formula is C14H23N3O2. The number of esters is 1. The molecule has 1 aliphatic carbocycles. The normalized spacial score (nSPS) is 18.4. The van der Waals surface area contributed by atoms with Gasteiger partial charge in [0.25, 0.3) is 0 Å². The summed E-state index contributed by atoms with van der Waals surface area (Å²) in [5, 5.41) is 3.21. The molecule has 0 spiro atoms. The minimum atomic E-state index is -0.626. The summed E-state index contributed by atoms with van der Waals surface area (Å²) in [4.78, 5) is 16.6. The number of rotatable bonds is 6. The van der Waals surface area contributed by atoms with E-state index < -0.39 is 5.54 Å². The maximum absolute atomic E-state index is 12.2. The van der Waals surface area contributed by atoms with E-state index in [1.165, 1.54) is 7.11 Å². The van der Waals surface area contributed by atoms with Crippen molar-refractivity contribution in [1.82, 2.24) is 14.9 Å². The van der Waals surface area contributed by atoms with Crippen LogP contribution in [0.4, 0.5) is 0 Å². The number of imidazole rings is 1. The van der Waals surface area contributed by atoms with E-state index in [4.69, 9.17) is 4.74 Å². The highest BCUT2D eigenvalue weighted by Gasteiger charge is 2.51. The third-order valence-electron chi connectivity index (χ3n) is 3.95. The van der Waals surface area contributed by atoms with Gasteiger partial charge < -0.3 is 14.6 Å². The molecule has 0 aromatic carbocycles. The SMILES string of the molecule is CNC(Cn1ccnc1C(C)C)(C(=O)OC)C1CC1. The van der Waals surface area contributed by atoms with Crippen molar-refractivity contribution in [3.63, 3.8) is 0 Å². The van der Waals surface area contributed by atoms with Crippen molar-refractivity contribution >= 4 is 5.97 Å². The van der Waals surface area contributed by atoms with Gasteiger partial charge in [0.2, 0.25) is 0 Å². The van der Waals surface area contributed by atoms with Crippen molar-refractivity contribution < 1.29 is 9.53 Å². The van der Waals surface area contributed by atoms with Crippen LogP contribution >= 0.6 is 0 Å². The number of carbonyl (C=O) groups excluding carboxylic acids is 1. The molecule has 0 amide bonds. The summed E-state index contributed by atoms with van der Waals surface area (Å²) < 4.78 is 7.09. The van der Waals surface area contributed by atoms with Crippen molar-refractivity contribution in [3.8, 4) is 0 Å². The fourth-order valence-corrected chi connectivity index (χ4v) is 2.73. The number of hydrogen-bond donors (Lipinski definition) is 1. The summed E-state index contributed by atoms with van der Waals surface area (Å²) >= 11 is 0. The molecule has 0 aliphatic heterocycles. The van der Waals surface area contributed by atoms with Crippen LogP contribution in [0.1, 0.15) is 38.4 Å². The number of nitrogens with zero attached hydrogens (tertiary/aromatic N) is 2. The lowest BCUT2D eigenvalue weighted by Crippen LogP contribution is -2.56. The van der Waals surface area contributed by atoms with Gasteiger partial charge in [-0.05, 0) is 25.8 Å². The summed E-state index contributed by atoms with van der Waals surface area (Å²) in [6.45, 7) is 4.79. The van der Waals surface area contributed by atoms with E-state index in [1.54, 1.807) is 6.20 Å². The van der Waals surface area contributed by atoms with Gasteiger partial charge in [-0.3, -0.25) is 0 Å². The minimum Gasteiger partial charge on any atom is -0.468 e. The van der Waals surface area contributed by atoms with Crippen molar-refractivity contribution in [1.29, 1.82) is 0 Å². The molecule has 1 fully saturated rings. The Bertz CT molecular complexity index is 451. The predicted octanol–water partition coefficient (Wildman–Crippen LogP) is 1.55. The van der Waals surface area contributed by atoms with E-state index in [9.17, 15) is 4.79 Å². The molecule has 2 rings (SSSR count). The molecule has 1 aromatic heterocycles. The van der Waals surface area contributed by atoms with Gasteiger partial charge in [-0.2, -0.15) is 0 Å². The van der Waals surface area contributed by atoms with Gasteiger partial charge in [0.1, 0.15) is 11.4 Å². The third kappa shape index (κ3) is 2.52. The highest BCUT2D eigenvalue weighted by molar-refractivity contribution is 5.81. The van der Waals surface area contributed by atoms with Crippen molar-refractivity contribution in [2.24, 2.45) is 5.92 Å². The van der Waals surface area contributed by atoms with Crippen LogP contribution in [-0.2, 0) is 16.1 Å². The molecule has 0 saturated heterocycles. The molecule has 1 saturated carbocycles. The Morgan fingerprint density at radius 3 is 2.79 bits per heavy atom. The highest BCUT2D eigenvalue weighted by Crippen LogP contribution is 2.41. The minimum absolute atomic E-state index is 0.180. The van der Waals surface area contributed by atoms with Crippen molar-refractivity contribution in [2.75, 3.05) is 14.2 Å². The number of hydrogen-bond acceptors (Lipinski definition) is 4. The Morgan fingerprint density at radius 1 is 1.63 bits per heavy atom. The molecule has 1 N–H and O–H groups in total. The van der Waals surface area contributed by atoms with Gasteiger partial charge in [0.05, 0.1) is 13.7 Å². The molecule has 1 unspecified atom stereocenters. The molecule has 106 valence electrons. The van der Waals surface area contributed by atoms with Crippen molar-refractivity contribution in [2.45, 2.75) is 44.7 Å². The number of likely N-dealkylation sites (N-methyl/N-ethyl adjacent to an activating group) is 1. The summed E-state index contributed by atoms with van der Waals surface area (Å²) in [6.07, 6.45) is 5.87. The maximum Gasteiger partial charge on any atom is 0.328 e. The molecule has 1 heterocycles. The lowest BCUT2D eigenvalue weighted by molar-refractivity contribution is -0.150. The summed E-state index contributed by atoms with van der Waals surface area (Å²) in [5.74, 6) is 1.51. The largest absolute Gasteiger partial charge is 0.468 e. The molecule has 5 heteroatoms. The monoisotopic (exact) mass is 265 g/mol. The zero-order valence-electron chi connectivity index (χ0n) is 12.1. The first-order chi connectivity index (χ1) is 9.05. The van der Waals surface area contributed by atoms with Crippen LogP contribution in [0.25, 0.3) is 0 Å².